The summed E-state index contributed by atoms with van der Waals surface area (Å²) in [7, 11) is 0. The van der Waals surface area contributed by atoms with Crippen LogP contribution in [0, 0.1) is 5.92 Å². The van der Waals surface area contributed by atoms with E-state index in [-0.39, 0.29) is 11.7 Å². The molecule has 3 nitrogen and oxygen atoms in total. The quantitative estimate of drug-likeness (QED) is 0.690. The molecule has 0 fully saturated rings. The fourth-order valence-corrected chi connectivity index (χ4v) is 1.08. The molecule has 1 rings (SSSR count). The van der Waals surface area contributed by atoms with Crippen LogP contribution in [-0.2, 0) is 0 Å². The molecule has 0 spiro atoms. The largest absolute Gasteiger partial charge is 0.461 e. The van der Waals surface area contributed by atoms with Crippen molar-refractivity contribution < 1.29 is 9.21 Å². The van der Waals surface area contributed by atoms with E-state index in [1.54, 1.807) is 12.1 Å². The van der Waals surface area contributed by atoms with Crippen LogP contribution >= 0.6 is 0 Å². The fraction of sp³-hybridized carbons (Fsp3) is 0.444. The predicted octanol–water partition coefficient (Wildman–Crippen LogP) is 1.45. The van der Waals surface area contributed by atoms with Crippen LogP contribution in [0.1, 0.15) is 23.9 Å². The summed E-state index contributed by atoms with van der Waals surface area (Å²) in [5.41, 5.74) is 5.43. The van der Waals surface area contributed by atoms with E-state index in [1.165, 1.54) is 6.26 Å². The first-order valence-corrected chi connectivity index (χ1v) is 4.07. The Morgan fingerprint density at radius 1 is 1.75 bits per heavy atom. The first-order valence-electron chi connectivity index (χ1n) is 4.07. The standard InChI is InChI=1S/C9H13NO2/c1-2-7(6-10)9(11)8-4-3-5-12-8/h3-5,7H,2,6,10H2,1H3. The Morgan fingerprint density at radius 3 is 2.92 bits per heavy atom. The van der Waals surface area contributed by atoms with Gasteiger partial charge < -0.3 is 10.2 Å². The second-order valence-corrected chi connectivity index (χ2v) is 2.68. The van der Waals surface area contributed by atoms with Gasteiger partial charge in [-0.05, 0) is 18.6 Å². The van der Waals surface area contributed by atoms with Gasteiger partial charge in [-0.15, -0.1) is 0 Å². The van der Waals surface area contributed by atoms with Crippen molar-refractivity contribution in [3.8, 4) is 0 Å². The maximum atomic E-state index is 11.5. The second-order valence-electron chi connectivity index (χ2n) is 2.68. The predicted molar refractivity (Wildman–Crippen MR) is 45.9 cm³/mol. The zero-order valence-electron chi connectivity index (χ0n) is 7.12. The normalized spacial score (nSPS) is 12.8. The minimum atomic E-state index is -0.101. The third-order valence-corrected chi connectivity index (χ3v) is 1.91. The summed E-state index contributed by atoms with van der Waals surface area (Å²) in [4.78, 5) is 11.5. The van der Waals surface area contributed by atoms with Crippen molar-refractivity contribution in [2.45, 2.75) is 13.3 Å². The van der Waals surface area contributed by atoms with Crippen molar-refractivity contribution in [2.24, 2.45) is 11.7 Å². The molecule has 1 unspecified atom stereocenters. The number of carbonyl (C=O) groups excluding carboxylic acids is 1. The van der Waals surface area contributed by atoms with Crippen molar-refractivity contribution in [1.82, 2.24) is 0 Å². The Morgan fingerprint density at radius 2 is 2.50 bits per heavy atom. The van der Waals surface area contributed by atoms with Crippen molar-refractivity contribution >= 4 is 5.78 Å². The zero-order chi connectivity index (χ0) is 8.97. The Hall–Kier alpha value is -1.09. The summed E-state index contributed by atoms with van der Waals surface area (Å²) >= 11 is 0. The van der Waals surface area contributed by atoms with E-state index in [2.05, 4.69) is 0 Å². The van der Waals surface area contributed by atoms with Crippen LogP contribution in [0.4, 0.5) is 0 Å². The summed E-state index contributed by atoms with van der Waals surface area (Å²) < 4.78 is 4.97. The number of hydrogen-bond acceptors (Lipinski definition) is 3. The van der Waals surface area contributed by atoms with E-state index in [0.29, 0.717) is 12.3 Å². The average Bonchev–Trinajstić information content (AvgIpc) is 2.58. The highest BCUT2D eigenvalue weighted by Crippen LogP contribution is 2.11. The first-order chi connectivity index (χ1) is 5.79. The van der Waals surface area contributed by atoms with Crippen molar-refractivity contribution in [3.63, 3.8) is 0 Å². The molecule has 1 aromatic heterocycles. The number of furan rings is 1. The number of carbonyl (C=O) groups is 1. The Kier molecular flexibility index (Phi) is 3.05. The molecule has 0 radical (unpaired) electrons. The van der Waals surface area contributed by atoms with Crippen LogP contribution in [0.5, 0.6) is 0 Å². The number of ketones is 1. The molecular weight excluding hydrogens is 154 g/mol. The fourth-order valence-electron chi connectivity index (χ4n) is 1.08. The summed E-state index contributed by atoms with van der Waals surface area (Å²) in [5.74, 6) is 0.313. The highest BCUT2D eigenvalue weighted by atomic mass is 16.3. The molecule has 0 amide bonds. The van der Waals surface area contributed by atoms with Gasteiger partial charge in [0.15, 0.2) is 5.76 Å². The summed E-state index contributed by atoms with van der Waals surface area (Å²) in [6.45, 7) is 2.33. The molecule has 0 aliphatic carbocycles. The van der Waals surface area contributed by atoms with Crippen molar-refractivity contribution in [3.05, 3.63) is 24.2 Å². The summed E-state index contributed by atoms with van der Waals surface area (Å²) in [5, 5.41) is 0. The third kappa shape index (κ3) is 1.74. The molecule has 2 N–H and O–H groups in total. The molecule has 0 aromatic carbocycles. The summed E-state index contributed by atoms with van der Waals surface area (Å²) in [6, 6.07) is 3.37. The molecule has 1 heterocycles. The molecule has 0 aliphatic heterocycles. The van der Waals surface area contributed by atoms with Crippen molar-refractivity contribution in [2.75, 3.05) is 6.54 Å². The Bertz CT molecular complexity index is 237. The van der Waals surface area contributed by atoms with Crippen LogP contribution in [0.2, 0.25) is 0 Å². The lowest BCUT2D eigenvalue weighted by Crippen LogP contribution is -2.22. The van der Waals surface area contributed by atoms with Crippen molar-refractivity contribution in [1.29, 1.82) is 0 Å². The first kappa shape index (κ1) is 9.00. The summed E-state index contributed by atoms with van der Waals surface area (Å²) in [6.07, 6.45) is 2.26. The average molecular weight is 167 g/mol. The van der Waals surface area contributed by atoms with Crippen LogP contribution in [0.25, 0.3) is 0 Å². The second kappa shape index (κ2) is 4.07. The number of nitrogens with two attached hydrogens (primary N) is 1. The van der Waals surface area contributed by atoms with E-state index >= 15 is 0 Å². The molecule has 1 aromatic rings. The van der Waals surface area contributed by atoms with Gasteiger partial charge in [0.2, 0.25) is 5.78 Å². The van der Waals surface area contributed by atoms with Gasteiger partial charge in [0, 0.05) is 12.5 Å². The minimum absolute atomic E-state index is 0.00463. The maximum absolute atomic E-state index is 11.5. The van der Waals surface area contributed by atoms with Gasteiger partial charge in [-0.25, -0.2) is 0 Å². The molecule has 0 saturated carbocycles. The van der Waals surface area contributed by atoms with Crippen LogP contribution in [0.15, 0.2) is 22.8 Å². The third-order valence-electron chi connectivity index (χ3n) is 1.91. The Balaban J connectivity index is 2.70. The zero-order valence-corrected chi connectivity index (χ0v) is 7.12. The number of Topliss-reactive ketones (excluding diaryl/α,β-unsaturated/α-hetero) is 1. The van der Waals surface area contributed by atoms with Gasteiger partial charge in [0.25, 0.3) is 0 Å². The molecule has 12 heavy (non-hydrogen) atoms. The van der Waals surface area contributed by atoms with E-state index in [1.807, 2.05) is 6.92 Å². The molecule has 0 saturated heterocycles. The van der Waals surface area contributed by atoms with Gasteiger partial charge in [-0.2, -0.15) is 0 Å². The molecule has 66 valence electrons. The lowest BCUT2D eigenvalue weighted by molar-refractivity contribution is 0.0893. The highest BCUT2D eigenvalue weighted by molar-refractivity contribution is 5.95. The Labute approximate surface area is 71.6 Å². The molecular formula is C9H13NO2. The number of hydrogen-bond donors (Lipinski definition) is 1. The van der Waals surface area contributed by atoms with Crippen LogP contribution in [-0.4, -0.2) is 12.3 Å². The van der Waals surface area contributed by atoms with Gasteiger partial charge >= 0.3 is 0 Å². The molecule has 3 heteroatoms. The number of rotatable bonds is 4. The monoisotopic (exact) mass is 167 g/mol. The van der Waals surface area contributed by atoms with Gasteiger partial charge in [-0.1, -0.05) is 6.92 Å². The lowest BCUT2D eigenvalue weighted by Gasteiger charge is -2.07. The van der Waals surface area contributed by atoms with E-state index in [0.717, 1.165) is 6.42 Å². The maximum Gasteiger partial charge on any atom is 0.202 e. The lowest BCUT2D eigenvalue weighted by atomic mass is 10.00. The van der Waals surface area contributed by atoms with Gasteiger partial charge in [0.05, 0.1) is 6.26 Å². The smallest absolute Gasteiger partial charge is 0.202 e. The van der Waals surface area contributed by atoms with Gasteiger partial charge in [0.1, 0.15) is 0 Å². The molecule has 1 atom stereocenters. The molecule has 0 bridgehead atoms. The van der Waals surface area contributed by atoms with Crippen LogP contribution in [0.3, 0.4) is 0 Å². The topological polar surface area (TPSA) is 56.2 Å². The van der Waals surface area contributed by atoms with E-state index in [4.69, 9.17) is 10.2 Å². The molecule has 0 aliphatic rings. The van der Waals surface area contributed by atoms with Gasteiger partial charge in [-0.3, -0.25) is 4.79 Å². The van der Waals surface area contributed by atoms with E-state index in [9.17, 15) is 4.79 Å². The minimum Gasteiger partial charge on any atom is -0.461 e. The highest BCUT2D eigenvalue weighted by Gasteiger charge is 2.18. The van der Waals surface area contributed by atoms with E-state index < -0.39 is 0 Å². The SMILES string of the molecule is CCC(CN)C(=O)c1ccco1. The van der Waals surface area contributed by atoms with Crippen LogP contribution < -0.4 is 5.73 Å².